The summed E-state index contributed by atoms with van der Waals surface area (Å²) in [6.07, 6.45) is 1.31. The molecule has 0 saturated carbocycles. The van der Waals surface area contributed by atoms with Crippen LogP contribution in [0, 0.1) is 5.92 Å². The molecule has 4 heteroatoms. The minimum atomic E-state index is -0.0843. The van der Waals surface area contributed by atoms with Crippen molar-refractivity contribution in [3.63, 3.8) is 0 Å². The van der Waals surface area contributed by atoms with Gasteiger partial charge in [-0.05, 0) is 24.6 Å². The summed E-state index contributed by atoms with van der Waals surface area (Å²) in [5.41, 5.74) is 1.36. The minimum Gasteiger partial charge on any atom is -0.486 e. The van der Waals surface area contributed by atoms with Gasteiger partial charge >= 0.3 is 0 Å². The lowest BCUT2D eigenvalue weighted by Crippen LogP contribution is -2.45. The first-order valence-corrected chi connectivity index (χ1v) is 7.63. The van der Waals surface area contributed by atoms with E-state index in [4.69, 9.17) is 4.74 Å². The molecule has 0 spiro atoms. The maximum absolute atomic E-state index is 12.5. The van der Waals surface area contributed by atoms with Crippen molar-refractivity contribution in [1.82, 2.24) is 0 Å². The van der Waals surface area contributed by atoms with Crippen molar-refractivity contribution in [1.29, 1.82) is 0 Å². The molecule has 0 aromatic heterocycles. The molecule has 0 N–H and O–H groups in total. The number of nitrogens with zero attached hydrogens (tertiary/aromatic N) is 1. The van der Waals surface area contributed by atoms with Crippen LogP contribution in [0.2, 0.25) is 0 Å². The van der Waals surface area contributed by atoms with E-state index >= 15 is 0 Å². The van der Waals surface area contributed by atoms with Gasteiger partial charge in [-0.15, -0.1) is 0 Å². The lowest BCUT2D eigenvalue weighted by Gasteiger charge is -2.35. The zero-order chi connectivity index (χ0) is 15.6. The number of amides is 1. The maximum atomic E-state index is 12.5. The number of hydrogen-bond donors (Lipinski definition) is 0. The Morgan fingerprint density at radius 1 is 1.33 bits per heavy atom. The topological polar surface area (TPSA) is 46.6 Å². The number of ketones is 1. The van der Waals surface area contributed by atoms with E-state index in [1.807, 2.05) is 27.7 Å². The Kier molecular flexibility index (Phi) is 4.66. The first-order chi connectivity index (χ1) is 9.97. The van der Waals surface area contributed by atoms with Crippen molar-refractivity contribution in [2.45, 2.75) is 46.6 Å². The van der Waals surface area contributed by atoms with Gasteiger partial charge in [-0.3, -0.25) is 9.59 Å². The second-order valence-corrected chi connectivity index (χ2v) is 5.71. The number of Topliss-reactive ketones (excluding diaryl/α,β-unsaturated/α-hetero) is 1. The van der Waals surface area contributed by atoms with Crippen LogP contribution in [-0.2, 0) is 4.79 Å². The quantitative estimate of drug-likeness (QED) is 0.798. The number of rotatable bonds is 4. The van der Waals surface area contributed by atoms with Crippen molar-refractivity contribution in [2.75, 3.05) is 11.4 Å². The molecular weight excluding hydrogens is 266 g/mol. The predicted octanol–water partition coefficient (Wildman–Crippen LogP) is 3.44. The molecule has 1 unspecified atom stereocenters. The van der Waals surface area contributed by atoms with Crippen molar-refractivity contribution in [3.8, 4) is 5.75 Å². The molecule has 1 aromatic carbocycles. The van der Waals surface area contributed by atoms with Gasteiger partial charge in [-0.1, -0.05) is 27.7 Å². The third kappa shape index (κ3) is 3.09. The second kappa shape index (κ2) is 6.29. The molecule has 0 bridgehead atoms. The molecule has 21 heavy (non-hydrogen) atoms. The fourth-order valence-electron chi connectivity index (χ4n) is 2.46. The summed E-state index contributed by atoms with van der Waals surface area (Å²) in [6.45, 7) is 8.20. The normalized spacial score (nSPS) is 17.4. The van der Waals surface area contributed by atoms with Crippen LogP contribution in [0.4, 0.5) is 5.69 Å². The van der Waals surface area contributed by atoms with Crippen molar-refractivity contribution in [2.24, 2.45) is 5.92 Å². The third-order valence-corrected chi connectivity index (χ3v) is 3.79. The van der Waals surface area contributed by atoms with E-state index < -0.39 is 0 Å². The number of fused-ring (bicyclic) bond motifs is 1. The van der Waals surface area contributed by atoms with E-state index in [0.29, 0.717) is 24.3 Å². The van der Waals surface area contributed by atoms with Crippen molar-refractivity contribution in [3.05, 3.63) is 23.8 Å². The van der Waals surface area contributed by atoms with E-state index in [9.17, 15) is 9.59 Å². The fourth-order valence-corrected chi connectivity index (χ4v) is 2.46. The summed E-state index contributed by atoms with van der Waals surface area (Å²) in [7, 11) is 0. The maximum Gasteiger partial charge on any atom is 0.229 e. The van der Waals surface area contributed by atoms with Crippen LogP contribution in [0.3, 0.4) is 0 Å². The molecular formula is C17H23NO3. The van der Waals surface area contributed by atoms with Gasteiger partial charge in [-0.2, -0.15) is 0 Å². The molecule has 1 heterocycles. The largest absolute Gasteiger partial charge is 0.486 e. The molecule has 1 amide bonds. The van der Waals surface area contributed by atoms with Crippen molar-refractivity contribution >= 4 is 17.4 Å². The van der Waals surface area contributed by atoms with Gasteiger partial charge in [0.05, 0.1) is 12.2 Å². The number of ether oxygens (including phenoxy) is 1. The summed E-state index contributed by atoms with van der Waals surface area (Å²) in [5.74, 6) is 0.750. The standard InChI is InChI=1S/C17H23NO3/c1-5-13-10-18(17(20)11(3)4)14-9-12(15(19)6-2)7-8-16(14)21-13/h7-9,11,13H,5-6,10H2,1-4H3. The van der Waals surface area contributed by atoms with E-state index in [1.165, 1.54) is 0 Å². The van der Waals surface area contributed by atoms with Gasteiger partial charge in [0.15, 0.2) is 5.78 Å². The number of carbonyl (C=O) groups is 2. The Labute approximate surface area is 126 Å². The highest BCUT2D eigenvalue weighted by Gasteiger charge is 2.30. The summed E-state index contributed by atoms with van der Waals surface area (Å²) in [4.78, 5) is 26.1. The van der Waals surface area contributed by atoms with E-state index in [2.05, 4.69) is 0 Å². The molecule has 0 aliphatic carbocycles. The Morgan fingerprint density at radius 3 is 2.62 bits per heavy atom. The number of hydrogen-bond acceptors (Lipinski definition) is 3. The van der Waals surface area contributed by atoms with Crippen LogP contribution in [0.1, 0.15) is 50.9 Å². The highest BCUT2D eigenvalue weighted by Crippen LogP contribution is 2.36. The monoisotopic (exact) mass is 289 g/mol. The molecule has 4 nitrogen and oxygen atoms in total. The molecule has 0 saturated heterocycles. The van der Waals surface area contributed by atoms with Gasteiger partial charge < -0.3 is 9.64 Å². The molecule has 114 valence electrons. The zero-order valence-electron chi connectivity index (χ0n) is 13.2. The first-order valence-electron chi connectivity index (χ1n) is 7.63. The van der Waals surface area contributed by atoms with Gasteiger partial charge in [0.2, 0.25) is 5.91 Å². The molecule has 1 atom stereocenters. The number of carbonyl (C=O) groups excluding carboxylic acids is 2. The Bertz CT molecular complexity index is 551. The van der Waals surface area contributed by atoms with Gasteiger partial charge in [0, 0.05) is 17.9 Å². The van der Waals surface area contributed by atoms with Crippen molar-refractivity contribution < 1.29 is 14.3 Å². The Morgan fingerprint density at radius 2 is 2.05 bits per heavy atom. The Hall–Kier alpha value is -1.84. The summed E-state index contributed by atoms with van der Waals surface area (Å²) >= 11 is 0. The SMILES string of the molecule is CCC(=O)c1ccc2c(c1)N(C(=O)C(C)C)CC(CC)O2. The lowest BCUT2D eigenvalue weighted by molar-refractivity contribution is -0.121. The van der Waals surface area contributed by atoms with Gasteiger partial charge in [-0.25, -0.2) is 0 Å². The second-order valence-electron chi connectivity index (χ2n) is 5.71. The third-order valence-electron chi connectivity index (χ3n) is 3.79. The summed E-state index contributed by atoms with van der Waals surface area (Å²) in [5, 5.41) is 0. The molecule has 1 aromatic rings. The highest BCUT2D eigenvalue weighted by molar-refractivity contribution is 6.01. The first kappa shape index (κ1) is 15.5. The average molecular weight is 289 g/mol. The fraction of sp³-hybridized carbons (Fsp3) is 0.529. The smallest absolute Gasteiger partial charge is 0.229 e. The Balaban J connectivity index is 2.44. The lowest BCUT2D eigenvalue weighted by atomic mass is 10.0. The molecule has 0 fully saturated rings. The molecule has 2 rings (SSSR count). The molecule has 1 aliphatic rings. The summed E-state index contributed by atoms with van der Waals surface area (Å²) < 4.78 is 5.90. The van der Waals surface area contributed by atoms with Crippen LogP contribution in [0.15, 0.2) is 18.2 Å². The van der Waals surface area contributed by atoms with Crippen LogP contribution in [0.5, 0.6) is 5.75 Å². The minimum absolute atomic E-state index is 0.00734. The summed E-state index contributed by atoms with van der Waals surface area (Å²) in [6, 6.07) is 5.37. The highest BCUT2D eigenvalue weighted by atomic mass is 16.5. The van der Waals surface area contributed by atoms with Gasteiger partial charge in [0.25, 0.3) is 0 Å². The van der Waals surface area contributed by atoms with Crippen LogP contribution in [-0.4, -0.2) is 24.3 Å². The van der Waals surface area contributed by atoms with E-state index in [0.717, 1.165) is 12.1 Å². The zero-order valence-corrected chi connectivity index (χ0v) is 13.2. The average Bonchev–Trinajstić information content (AvgIpc) is 2.51. The van der Waals surface area contributed by atoms with Crippen LogP contribution < -0.4 is 9.64 Å². The van der Waals surface area contributed by atoms with E-state index in [-0.39, 0.29) is 23.7 Å². The number of anilines is 1. The predicted molar refractivity (Wildman–Crippen MR) is 83.0 cm³/mol. The van der Waals surface area contributed by atoms with Gasteiger partial charge in [0.1, 0.15) is 11.9 Å². The van der Waals surface area contributed by atoms with E-state index in [1.54, 1.807) is 23.1 Å². The van der Waals surface area contributed by atoms with Crippen LogP contribution in [0.25, 0.3) is 0 Å². The molecule has 0 radical (unpaired) electrons. The van der Waals surface area contributed by atoms with Crippen LogP contribution >= 0.6 is 0 Å². The molecule has 1 aliphatic heterocycles. The number of benzene rings is 1.